The monoisotopic (exact) mass is 277 g/mol. The fourth-order valence-corrected chi connectivity index (χ4v) is 2.39. The molecule has 1 unspecified atom stereocenters. The van der Waals surface area contributed by atoms with Crippen molar-refractivity contribution in [1.29, 1.82) is 0 Å². The van der Waals surface area contributed by atoms with Crippen LogP contribution in [0.2, 0.25) is 0 Å². The van der Waals surface area contributed by atoms with Gasteiger partial charge in [0.05, 0.1) is 6.61 Å². The second kappa shape index (κ2) is 8.43. The molecule has 0 radical (unpaired) electrons. The number of methoxy groups -OCH3 is 1. The zero-order valence-electron chi connectivity index (χ0n) is 13.8. The normalized spacial score (nSPS) is 14.5. The second-order valence-corrected chi connectivity index (χ2v) is 6.41. The molecule has 0 saturated carbocycles. The molecule has 1 rings (SSSR count). The van der Waals surface area contributed by atoms with Crippen LogP contribution in [-0.2, 0) is 11.2 Å². The van der Waals surface area contributed by atoms with E-state index in [2.05, 4.69) is 57.3 Å². The molecule has 0 bridgehead atoms. The number of rotatable bonds is 9. The van der Waals surface area contributed by atoms with Gasteiger partial charge in [-0.2, -0.15) is 0 Å². The molecule has 1 aromatic carbocycles. The highest BCUT2D eigenvalue weighted by Gasteiger charge is 2.22. The van der Waals surface area contributed by atoms with E-state index in [1.165, 1.54) is 17.5 Å². The molecule has 0 aliphatic rings. The molecule has 0 heterocycles. The molecule has 114 valence electrons. The van der Waals surface area contributed by atoms with Crippen LogP contribution in [0, 0.1) is 5.41 Å². The molecular weight excluding hydrogens is 246 g/mol. The van der Waals surface area contributed by atoms with Gasteiger partial charge in [-0.15, -0.1) is 0 Å². The highest BCUT2D eigenvalue weighted by atomic mass is 16.5. The van der Waals surface area contributed by atoms with E-state index in [9.17, 15) is 0 Å². The van der Waals surface area contributed by atoms with E-state index in [-0.39, 0.29) is 0 Å². The average Bonchev–Trinajstić information content (AvgIpc) is 2.44. The summed E-state index contributed by atoms with van der Waals surface area (Å²) in [6.07, 6.45) is 2.31. The summed E-state index contributed by atoms with van der Waals surface area (Å²) in [6, 6.07) is 9.12. The number of nitrogens with one attached hydrogen (secondary N) is 1. The smallest absolute Gasteiger partial charge is 0.0587 e. The fourth-order valence-electron chi connectivity index (χ4n) is 2.39. The standard InChI is InChI=1S/C18H31NO/c1-6-18(4,14-19-11-12-20-5)13-16-7-9-17(10-8-16)15(2)3/h7-10,15,19H,6,11-14H2,1-5H3. The Hall–Kier alpha value is -0.860. The molecule has 2 nitrogen and oxygen atoms in total. The van der Waals surface area contributed by atoms with Crippen LogP contribution in [0.1, 0.15) is 51.2 Å². The molecule has 1 N–H and O–H groups in total. The lowest BCUT2D eigenvalue weighted by molar-refractivity contribution is 0.191. The maximum Gasteiger partial charge on any atom is 0.0587 e. The SMILES string of the molecule is CCC(C)(CNCCOC)Cc1ccc(C(C)C)cc1. The Labute approximate surface area is 124 Å². The van der Waals surface area contributed by atoms with E-state index in [0.717, 1.165) is 26.1 Å². The van der Waals surface area contributed by atoms with Crippen molar-refractivity contribution in [2.24, 2.45) is 5.41 Å². The minimum Gasteiger partial charge on any atom is -0.383 e. The van der Waals surface area contributed by atoms with Crippen molar-refractivity contribution in [2.45, 2.75) is 46.5 Å². The van der Waals surface area contributed by atoms with E-state index in [1.54, 1.807) is 7.11 Å². The predicted octanol–water partition coefficient (Wildman–Crippen LogP) is 4.00. The van der Waals surface area contributed by atoms with Crippen LogP contribution < -0.4 is 5.32 Å². The predicted molar refractivity (Wildman–Crippen MR) is 87.4 cm³/mol. The van der Waals surface area contributed by atoms with Gasteiger partial charge in [-0.05, 0) is 35.3 Å². The van der Waals surface area contributed by atoms with E-state index in [4.69, 9.17) is 4.74 Å². The largest absolute Gasteiger partial charge is 0.383 e. The van der Waals surface area contributed by atoms with Gasteiger partial charge in [-0.25, -0.2) is 0 Å². The molecule has 0 spiro atoms. The Kier molecular flexibility index (Phi) is 7.25. The van der Waals surface area contributed by atoms with E-state index in [0.29, 0.717) is 11.3 Å². The summed E-state index contributed by atoms with van der Waals surface area (Å²) in [6.45, 7) is 11.9. The lowest BCUT2D eigenvalue weighted by atomic mass is 9.81. The van der Waals surface area contributed by atoms with Crippen LogP contribution in [-0.4, -0.2) is 26.8 Å². The number of benzene rings is 1. The first kappa shape index (κ1) is 17.2. The van der Waals surface area contributed by atoms with Crippen molar-refractivity contribution in [3.05, 3.63) is 35.4 Å². The molecular formula is C18H31NO. The lowest BCUT2D eigenvalue weighted by Crippen LogP contribution is -2.34. The topological polar surface area (TPSA) is 21.3 Å². The molecule has 0 aliphatic carbocycles. The van der Waals surface area contributed by atoms with Crippen LogP contribution in [0.15, 0.2) is 24.3 Å². The van der Waals surface area contributed by atoms with E-state index < -0.39 is 0 Å². The summed E-state index contributed by atoms with van der Waals surface area (Å²) in [5, 5.41) is 3.50. The summed E-state index contributed by atoms with van der Waals surface area (Å²) in [4.78, 5) is 0. The highest BCUT2D eigenvalue weighted by molar-refractivity contribution is 5.25. The number of ether oxygens (including phenoxy) is 1. The highest BCUT2D eigenvalue weighted by Crippen LogP contribution is 2.26. The minimum atomic E-state index is 0.313. The van der Waals surface area contributed by atoms with Gasteiger partial charge < -0.3 is 10.1 Å². The first-order valence-electron chi connectivity index (χ1n) is 7.79. The fraction of sp³-hybridized carbons (Fsp3) is 0.667. The Morgan fingerprint density at radius 1 is 1.20 bits per heavy atom. The Morgan fingerprint density at radius 3 is 2.35 bits per heavy atom. The summed E-state index contributed by atoms with van der Waals surface area (Å²) in [7, 11) is 1.75. The Balaban J connectivity index is 2.57. The van der Waals surface area contributed by atoms with Gasteiger partial charge in [0.1, 0.15) is 0 Å². The first-order chi connectivity index (χ1) is 9.50. The summed E-state index contributed by atoms with van der Waals surface area (Å²) < 4.78 is 5.08. The van der Waals surface area contributed by atoms with Gasteiger partial charge in [0, 0.05) is 20.2 Å². The summed E-state index contributed by atoms with van der Waals surface area (Å²) in [5.74, 6) is 0.609. The zero-order valence-corrected chi connectivity index (χ0v) is 13.8. The molecule has 0 aliphatic heterocycles. The Morgan fingerprint density at radius 2 is 1.85 bits per heavy atom. The molecule has 0 saturated heterocycles. The van der Waals surface area contributed by atoms with Crippen LogP contribution in [0.25, 0.3) is 0 Å². The van der Waals surface area contributed by atoms with Crippen molar-refractivity contribution in [3.8, 4) is 0 Å². The third kappa shape index (κ3) is 5.64. The van der Waals surface area contributed by atoms with Gasteiger partial charge in [0.25, 0.3) is 0 Å². The first-order valence-corrected chi connectivity index (χ1v) is 7.79. The molecule has 0 amide bonds. The summed E-state index contributed by atoms with van der Waals surface area (Å²) >= 11 is 0. The maximum absolute atomic E-state index is 5.08. The van der Waals surface area contributed by atoms with Gasteiger partial charge >= 0.3 is 0 Å². The molecule has 0 aromatic heterocycles. The second-order valence-electron chi connectivity index (χ2n) is 6.41. The van der Waals surface area contributed by atoms with Crippen LogP contribution in [0.5, 0.6) is 0 Å². The molecule has 20 heavy (non-hydrogen) atoms. The average molecular weight is 277 g/mol. The van der Waals surface area contributed by atoms with Crippen molar-refractivity contribution in [3.63, 3.8) is 0 Å². The molecule has 0 fully saturated rings. The quantitative estimate of drug-likeness (QED) is 0.689. The van der Waals surface area contributed by atoms with E-state index >= 15 is 0 Å². The van der Waals surface area contributed by atoms with Crippen LogP contribution in [0.4, 0.5) is 0 Å². The number of hydrogen-bond donors (Lipinski definition) is 1. The Bertz CT molecular complexity index is 372. The third-order valence-corrected chi connectivity index (χ3v) is 4.17. The third-order valence-electron chi connectivity index (χ3n) is 4.17. The van der Waals surface area contributed by atoms with Gasteiger partial charge in [-0.1, -0.05) is 52.0 Å². The van der Waals surface area contributed by atoms with Crippen molar-refractivity contribution in [1.82, 2.24) is 5.32 Å². The van der Waals surface area contributed by atoms with Crippen molar-refractivity contribution >= 4 is 0 Å². The van der Waals surface area contributed by atoms with Crippen LogP contribution in [0.3, 0.4) is 0 Å². The maximum atomic E-state index is 5.08. The van der Waals surface area contributed by atoms with E-state index in [1.807, 2.05) is 0 Å². The molecule has 1 aromatic rings. The van der Waals surface area contributed by atoms with Gasteiger partial charge in [0.2, 0.25) is 0 Å². The van der Waals surface area contributed by atoms with Crippen molar-refractivity contribution in [2.75, 3.05) is 26.8 Å². The molecule has 1 atom stereocenters. The lowest BCUT2D eigenvalue weighted by Gasteiger charge is -2.29. The summed E-state index contributed by atoms with van der Waals surface area (Å²) in [5.41, 5.74) is 3.17. The van der Waals surface area contributed by atoms with Gasteiger partial charge in [-0.3, -0.25) is 0 Å². The number of hydrogen-bond acceptors (Lipinski definition) is 2. The minimum absolute atomic E-state index is 0.313. The molecule has 2 heteroatoms. The van der Waals surface area contributed by atoms with Crippen LogP contribution >= 0.6 is 0 Å². The zero-order chi connectivity index (χ0) is 15.0. The van der Waals surface area contributed by atoms with Gasteiger partial charge in [0.15, 0.2) is 0 Å². The van der Waals surface area contributed by atoms with Crippen molar-refractivity contribution < 1.29 is 4.74 Å².